The minimum atomic E-state index is -1.11. The standard InChI is InChI=1S/C20H19BrN4O4/c1-12-17(19(27)25(24(12)3)16-7-5-4-6-8-16)23-18(26)13(2)29-20(28)14-9-15(21)11-22-10-14/h4-11,13H,1-3H3,(H,23,26). The number of hydrogen-bond acceptors (Lipinski definition) is 5. The Hall–Kier alpha value is -3.20. The quantitative estimate of drug-likeness (QED) is 0.593. The Bertz CT molecular complexity index is 1120. The number of carbonyl (C=O) groups excluding carboxylic acids is 2. The van der Waals surface area contributed by atoms with Crippen LogP contribution in [0.2, 0.25) is 0 Å². The van der Waals surface area contributed by atoms with E-state index in [1.54, 1.807) is 36.9 Å². The van der Waals surface area contributed by atoms with E-state index in [1.807, 2.05) is 18.2 Å². The van der Waals surface area contributed by atoms with Crippen molar-refractivity contribution in [1.29, 1.82) is 0 Å². The number of hydrogen-bond donors (Lipinski definition) is 1. The molecule has 0 saturated heterocycles. The van der Waals surface area contributed by atoms with Crippen molar-refractivity contribution in [2.45, 2.75) is 20.0 Å². The Balaban J connectivity index is 1.79. The minimum absolute atomic E-state index is 0.133. The van der Waals surface area contributed by atoms with E-state index in [4.69, 9.17) is 4.74 Å². The number of pyridine rings is 1. The van der Waals surface area contributed by atoms with E-state index in [0.717, 1.165) is 0 Å². The molecule has 0 saturated carbocycles. The number of benzene rings is 1. The predicted molar refractivity (Wildman–Crippen MR) is 111 cm³/mol. The summed E-state index contributed by atoms with van der Waals surface area (Å²) >= 11 is 3.23. The van der Waals surface area contributed by atoms with Gasteiger partial charge in [-0.3, -0.25) is 19.3 Å². The molecule has 1 N–H and O–H groups in total. The molecular weight excluding hydrogens is 440 g/mol. The number of nitrogens with zero attached hydrogens (tertiary/aromatic N) is 3. The number of ether oxygens (including phenoxy) is 1. The number of anilines is 1. The third kappa shape index (κ3) is 4.29. The van der Waals surface area contributed by atoms with Gasteiger partial charge < -0.3 is 10.1 Å². The largest absolute Gasteiger partial charge is 0.449 e. The number of rotatable bonds is 5. The van der Waals surface area contributed by atoms with E-state index in [1.165, 1.54) is 24.0 Å². The van der Waals surface area contributed by atoms with Crippen LogP contribution in [0, 0.1) is 6.92 Å². The van der Waals surface area contributed by atoms with Crippen LogP contribution in [0.5, 0.6) is 0 Å². The first kappa shape index (κ1) is 20.5. The van der Waals surface area contributed by atoms with Crippen molar-refractivity contribution in [2.75, 3.05) is 5.32 Å². The summed E-state index contributed by atoms with van der Waals surface area (Å²) in [6.45, 7) is 3.16. The van der Waals surface area contributed by atoms with E-state index in [0.29, 0.717) is 15.9 Å². The fourth-order valence-corrected chi connectivity index (χ4v) is 3.11. The van der Waals surface area contributed by atoms with Gasteiger partial charge in [0.25, 0.3) is 11.5 Å². The number of halogens is 1. The summed E-state index contributed by atoms with van der Waals surface area (Å²) in [6, 6.07) is 10.6. The summed E-state index contributed by atoms with van der Waals surface area (Å²) in [5.41, 5.74) is 1.21. The van der Waals surface area contributed by atoms with Crippen molar-refractivity contribution in [3.05, 3.63) is 74.9 Å². The van der Waals surface area contributed by atoms with Gasteiger partial charge in [-0.1, -0.05) is 18.2 Å². The van der Waals surface area contributed by atoms with Crippen LogP contribution < -0.4 is 10.9 Å². The topological polar surface area (TPSA) is 95.2 Å². The second-order valence-electron chi connectivity index (χ2n) is 6.37. The number of aromatic nitrogens is 3. The Labute approximate surface area is 175 Å². The number of esters is 1. The Morgan fingerprint density at radius 1 is 1.21 bits per heavy atom. The lowest BCUT2D eigenvalue weighted by molar-refractivity contribution is -0.123. The minimum Gasteiger partial charge on any atom is -0.449 e. The molecule has 0 aliphatic heterocycles. The molecule has 29 heavy (non-hydrogen) atoms. The molecule has 0 bridgehead atoms. The van der Waals surface area contributed by atoms with E-state index < -0.39 is 18.0 Å². The van der Waals surface area contributed by atoms with Gasteiger partial charge in [0, 0.05) is 23.9 Å². The molecule has 9 heteroatoms. The highest BCUT2D eigenvalue weighted by Crippen LogP contribution is 2.15. The van der Waals surface area contributed by atoms with Crippen LogP contribution in [0.25, 0.3) is 5.69 Å². The summed E-state index contributed by atoms with van der Waals surface area (Å²) < 4.78 is 8.92. The van der Waals surface area contributed by atoms with Crippen LogP contribution in [0.3, 0.4) is 0 Å². The molecule has 1 atom stereocenters. The molecule has 0 aliphatic carbocycles. The van der Waals surface area contributed by atoms with Crippen LogP contribution in [0.4, 0.5) is 5.69 Å². The van der Waals surface area contributed by atoms with Gasteiger partial charge in [0.1, 0.15) is 5.69 Å². The van der Waals surface area contributed by atoms with Crippen molar-refractivity contribution < 1.29 is 14.3 Å². The zero-order valence-electron chi connectivity index (χ0n) is 16.0. The van der Waals surface area contributed by atoms with Crippen molar-refractivity contribution in [3.63, 3.8) is 0 Å². The van der Waals surface area contributed by atoms with Gasteiger partial charge in [-0.05, 0) is 48.0 Å². The first-order chi connectivity index (χ1) is 13.8. The van der Waals surface area contributed by atoms with Gasteiger partial charge in [-0.15, -0.1) is 0 Å². The molecule has 8 nitrogen and oxygen atoms in total. The van der Waals surface area contributed by atoms with E-state index in [9.17, 15) is 14.4 Å². The van der Waals surface area contributed by atoms with E-state index >= 15 is 0 Å². The molecule has 150 valence electrons. The Kier molecular flexibility index (Phi) is 5.97. The van der Waals surface area contributed by atoms with Crippen LogP contribution >= 0.6 is 15.9 Å². The average molecular weight is 459 g/mol. The van der Waals surface area contributed by atoms with Crippen LogP contribution in [0.1, 0.15) is 23.0 Å². The molecule has 2 heterocycles. The maximum absolute atomic E-state index is 12.9. The molecule has 1 unspecified atom stereocenters. The van der Waals surface area contributed by atoms with E-state index in [2.05, 4.69) is 26.2 Å². The average Bonchev–Trinajstić information content (AvgIpc) is 2.91. The fourth-order valence-electron chi connectivity index (χ4n) is 2.74. The lowest BCUT2D eigenvalue weighted by Crippen LogP contribution is -2.32. The zero-order valence-corrected chi connectivity index (χ0v) is 17.6. The molecule has 3 rings (SSSR count). The number of carbonyl (C=O) groups is 2. The summed E-state index contributed by atoms with van der Waals surface area (Å²) in [6.07, 6.45) is 1.77. The molecule has 2 aromatic heterocycles. The molecule has 0 radical (unpaired) electrons. The van der Waals surface area contributed by atoms with Gasteiger partial charge in [0.2, 0.25) is 0 Å². The number of para-hydroxylation sites is 1. The molecule has 1 aromatic carbocycles. The van der Waals surface area contributed by atoms with E-state index in [-0.39, 0.29) is 16.8 Å². The van der Waals surface area contributed by atoms with Gasteiger partial charge in [0.05, 0.1) is 16.9 Å². The summed E-state index contributed by atoms with van der Waals surface area (Å²) in [7, 11) is 1.73. The highest BCUT2D eigenvalue weighted by molar-refractivity contribution is 9.10. The van der Waals surface area contributed by atoms with Crippen molar-refractivity contribution in [3.8, 4) is 5.69 Å². The second-order valence-corrected chi connectivity index (χ2v) is 7.28. The highest BCUT2D eigenvalue weighted by Gasteiger charge is 2.23. The van der Waals surface area contributed by atoms with Gasteiger partial charge in [-0.25, -0.2) is 9.48 Å². The summed E-state index contributed by atoms with van der Waals surface area (Å²) in [4.78, 5) is 41.5. The van der Waals surface area contributed by atoms with Crippen molar-refractivity contribution in [2.24, 2.45) is 7.05 Å². The summed E-state index contributed by atoms with van der Waals surface area (Å²) in [5, 5.41) is 2.58. The molecular formula is C20H19BrN4O4. The zero-order chi connectivity index (χ0) is 21.1. The van der Waals surface area contributed by atoms with Crippen molar-refractivity contribution in [1.82, 2.24) is 14.3 Å². The first-order valence-electron chi connectivity index (χ1n) is 8.76. The number of nitrogens with one attached hydrogen (secondary N) is 1. The Morgan fingerprint density at radius 3 is 2.55 bits per heavy atom. The predicted octanol–water partition coefficient (Wildman–Crippen LogP) is 2.83. The van der Waals surface area contributed by atoms with Gasteiger partial charge in [-0.2, -0.15) is 0 Å². The van der Waals surface area contributed by atoms with Crippen LogP contribution in [-0.2, 0) is 16.6 Å². The molecule has 0 fully saturated rings. The molecule has 3 aromatic rings. The smallest absolute Gasteiger partial charge is 0.340 e. The molecule has 1 amide bonds. The van der Waals surface area contributed by atoms with Crippen LogP contribution in [-0.4, -0.2) is 32.3 Å². The van der Waals surface area contributed by atoms with Crippen molar-refractivity contribution >= 4 is 33.5 Å². The monoisotopic (exact) mass is 458 g/mol. The third-order valence-electron chi connectivity index (χ3n) is 4.40. The van der Waals surface area contributed by atoms with Gasteiger partial charge >= 0.3 is 5.97 Å². The maximum Gasteiger partial charge on any atom is 0.340 e. The maximum atomic E-state index is 12.9. The normalized spacial score (nSPS) is 11.7. The fraction of sp³-hybridized carbons (Fsp3) is 0.200. The molecule has 0 aliphatic rings. The molecule has 0 spiro atoms. The first-order valence-corrected chi connectivity index (χ1v) is 9.55. The lowest BCUT2D eigenvalue weighted by atomic mass is 10.3. The lowest BCUT2D eigenvalue weighted by Gasteiger charge is -2.13. The third-order valence-corrected chi connectivity index (χ3v) is 4.83. The van der Waals surface area contributed by atoms with Gasteiger partial charge in [0.15, 0.2) is 6.10 Å². The number of amides is 1. The SMILES string of the molecule is Cc1c(NC(=O)C(C)OC(=O)c2cncc(Br)c2)c(=O)n(-c2ccccc2)n1C. The Morgan fingerprint density at radius 2 is 1.90 bits per heavy atom. The summed E-state index contributed by atoms with van der Waals surface area (Å²) in [5.74, 6) is -1.29. The highest BCUT2D eigenvalue weighted by atomic mass is 79.9. The van der Waals surface area contributed by atoms with Crippen LogP contribution in [0.15, 0.2) is 58.1 Å². The second kappa shape index (κ2) is 8.44.